The molecule has 0 N–H and O–H groups in total. The highest BCUT2D eigenvalue weighted by molar-refractivity contribution is 6.33. The van der Waals surface area contributed by atoms with E-state index in [-0.39, 0.29) is 24.3 Å². The maximum atomic E-state index is 13.1. The Labute approximate surface area is 217 Å². The number of aromatic nitrogens is 2. The minimum absolute atomic E-state index is 0.0316. The van der Waals surface area contributed by atoms with Crippen LogP contribution in [0.5, 0.6) is 0 Å². The van der Waals surface area contributed by atoms with Gasteiger partial charge in [-0.05, 0) is 43.2 Å². The number of nitrogens with zero attached hydrogens (tertiary/aromatic N) is 5. The number of aryl methyl sites for hydroxylation is 1. The van der Waals surface area contributed by atoms with Gasteiger partial charge in [0.1, 0.15) is 6.54 Å². The molecule has 3 aromatic rings. The van der Waals surface area contributed by atoms with Crippen molar-refractivity contribution >= 4 is 29.2 Å². The van der Waals surface area contributed by atoms with Gasteiger partial charge in [-0.3, -0.25) is 9.59 Å². The normalized spacial score (nSPS) is 13.7. The molecule has 2 heterocycles. The van der Waals surface area contributed by atoms with Crippen LogP contribution >= 0.6 is 11.6 Å². The number of halogens is 1. The monoisotopic (exact) mass is 505 g/mol. The van der Waals surface area contributed by atoms with Crippen LogP contribution in [0.3, 0.4) is 0 Å². The fourth-order valence-corrected chi connectivity index (χ4v) is 4.53. The summed E-state index contributed by atoms with van der Waals surface area (Å²) in [6.07, 6.45) is 0. The van der Waals surface area contributed by atoms with Crippen LogP contribution < -0.4 is 4.90 Å². The SMILES string of the molecule is Cc1ccc(C(=O)N(CC(=O)N2CCN(c3ccc(-c4ccccc4Cl)nn3)CC2)CC(C)C)cc1. The Hall–Kier alpha value is -3.45. The van der Waals surface area contributed by atoms with Gasteiger partial charge in [0.25, 0.3) is 5.91 Å². The van der Waals surface area contributed by atoms with Crippen molar-refractivity contribution in [3.05, 3.63) is 76.8 Å². The topological polar surface area (TPSA) is 69.6 Å². The van der Waals surface area contributed by atoms with Gasteiger partial charge in [0.05, 0.1) is 10.7 Å². The molecule has 1 fully saturated rings. The summed E-state index contributed by atoms with van der Waals surface area (Å²) in [4.78, 5) is 31.9. The number of benzene rings is 2. The predicted octanol–water partition coefficient (Wildman–Crippen LogP) is 4.55. The fraction of sp³-hybridized carbons (Fsp3) is 0.357. The first kappa shape index (κ1) is 25.6. The minimum Gasteiger partial charge on any atom is -0.352 e. The van der Waals surface area contributed by atoms with Gasteiger partial charge in [0.15, 0.2) is 5.82 Å². The second kappa shape index (κ2) is 11.5. The highest BCUT2D eigenvalue weighted by Gasteiger charge is 2.26. The lowest BCUT2D eigenvalue weighted by molar-refractivity contribution is -0.132. The summed E-state index contributed by atoms with van der Waals surface area (Å²) in [5.74, 6) is 0.894. The highest BCUT2D eigenvalue weighted by atomic mass is 35.5. The number of anilines is 1. The molecule has 0 radical (unpaired) electrons. The Bertz CT molecular complexity index is 1190. The molecule has 0 spiro atoms. The molecule has 1 aliphatic heterocycles. The summed E-state index contributed by atoms with van der Waals surface area (Å²) >= 11 is 6.28. The second-order valence-corrected chi connectivity index (χ2v) is 9.98. The van der Waals surface area contributed by atoms with Gasteiger partial charge in [-0.2, -0.15) is 0 Å². The molecule has 0 atom stereocenters. The van der Waals surface area contributed by atoms with Gasteiger partial charge in [-0.1, -0.05) is 61.3 Å². The van der Waals surface area contributed by atoms with Gasteiger partial charge < -0.3 is 14.7 Å². The van der Waals surface area contributed by atoms with Crippen LogP contribution in [0.4, 0.5) is 5.82 Å². The Morgan fingerprint density at radius 3 is 2.25 bits per heavy atom. The fourth-order valence-electron chi connectivity index (χ4n) is 4.29. The van der Waals surface area contributed by atoms with E-state index < -0.39 is 0 Å². The van der Waals surface area contributed by atoms with E-state index in [4.69, 9.17) is 11.6 Å². The van der Waals surface area contributed by atoms with Crippen molar-refractivity contribution in [2.24, 2.45) is 5.92 Å². The summed E-state index contributed by atoms with van der Waals surface area (Å²) < 4.78 is 0. The first-order chi connectivity index (χ1) is 17.3. The average Bonchev–Trinajstić information content (AvgIpc) is 2.88. The average molecular weight is 506 g/mol. The molecule has 2 aromatic carbocycles. The smallest absolute Gasteiger partial charge is 0.254 e. The summed E-state index contributed by atoms with van der Waals surface area (Å²) in [6.45, 7) is 9.16. The van der Waals surface area contributed by atoms with Crippen LogP contribution in [-0.2, 0) is 4.79 Å². The Morgan fingerprint density at radius 2 is 1.64 bits per heavy atom. The van der Waals surface area contributed by atoms with E-state index in [1.807, 2.05) is 72.5 Å². The zero-order valence-corrected chi connectivity index (χ0v) is 21.8. The lowest BCUT2D eigenvalue weighted by Crippen LogP contribution is -2.52. The van der Waals surface area contributed by atoms with Crippen LogP contribution in [-0.4, -0.2) is 71.1 Å². The summed E-state index contributed by atoms with van der Waals surface area (Å²) in [5.41, 5.74) is 3.28. The van der Waals surface area contributed by atoms with Crippen LogP contribution in [0.2, 0.25) is 5.02 Å². The largest absolute Gasteiger partial charge is 0.352 e. The number of hydrogen-bond acceptors (Lipinski definition) is 5. The quantitative estimate of drug-likeness (QED) is 0.471. The zero-order valence-electron chi connectivity index (χ0n) is 21.0. The first-order valence-corrected chi connectivity index (χ1v) is 12.7. The van der Waals surface area contributed by atoms with Crippen molar-refractivity contribution in [2.45, 2.75) is 20.8 Å². The molecule has 188 valence electrons. The van der Waals surface area contributed by atoms with Crippen molar-refractivity contribution in [3.63, 3.8) is 0 Å². The third-order valence-electron chi connectivity index (χ3n) is 6.25. The molecule has 0 aliphatic carbocycles. The molecule has 0 saturated carbocycles. The molecule has 4 rings (SSSR count). The van der Waals surface area contributed by atoms with E-state index in [1.54, 1.807) is 4.90 Å². The Balaban J connectivity index is 1.36. The molecule has 1 aromatic heterocycles. The molecule has 36 heavy (non-hydrogen) atoms. The molecule has 7 nitrogen and oxygen atoms in total. The molecule has 1 aliphatic rings. The maximum absolute atomic E-state index is 13.1. The summed E-state index contributed by atoms with van der Waals surface area (Å²) in [7, 11) is 0. The van der Waals surface area contributed by atoms with Crippen LogP contribution in [0.1, 0.15) is 29.8 Å². The van der Waals surface area contributed by atoms with Gasteiger partial charge in [0.2, 0.25) is 5.91 Å². The summed E-state index contributed by atoms with van der Waals surface area (Å²) in [5, 5.41) is 9.39. The number of carbonyl (C=O) groups is 2. The third-order valence-corrected chi connectivity index (χ3v) is 6.58. The number of rotatable bonds is 7. The van der Waals surface area contributed by atoms with Crippen LogP contribution in [0, 0.1) is 12.8 Å². The Morgan fingerprint density at radius 1 is 0.944 bits per heavy atom. The number of hydrogen-bond donors (Lipinski definition) is 0. The van der Waals surface area contributed by atoms with Crippen molar-refractivity contribution in [2.75, 3.05) is 44.2 Å². The lowest BCUT2D eigenvalue weighted by Gasteiger charge is -2.36. The van der Waals surface area contributed by atoms with Crippen molar-refractivity contribution in [3.8, 4) is 11.3 Å². The molecule has 2 amide bonds. The molecule has 0 unspecified atom stereocenters. The number of piperazine rings is 1. The standard InChI is InChI=1S/C28H32ClN5O2/c1-20(2)18-34(28(36)22-10-8-21(3)9-11-22)19-27(35)33-16-14-32(15-17-33)26-13-12-25(30-31-26)23-6-4-5-7-24(23)29/h4-13,20H,14-19H2,1-3H3. The molecule has 1 saturated heterocycles. The summed E-state index contributed by atoms with van der Waals surface area (Å²) in [6, 6.07) is 18.9. The number of carbonyl (C=O) groups excluding carboxylic acids is 2. The zero-order chi connectivity index (χ0) is 25.7. The van der Waals surface area contributed by atoms with Gasteiger partial charge in [-0.25, -0.2) is 0 Å². The maximum Gasteiger partial charge on any atom is 0.254 e. The second-order valence-electron chi connectivity index (χ2n) is 9.57. The van der Waals surface area contributed by atoms with Gasteiger partial charge >= 0.3 is 0 Å². The van der Waals surface area contributed by atoms with Crippen molar-refractivity contribution < 1.29 is 9.59 Å². The Kier molecular flexibility index (Phi) is 8.21. The van der Waals surface area contributed by atoms with E-state index in [0.29, 0.717) is 43.3 Å². The van der Waals surface area contributed by atoms with Crippen molar-refractivity contribution in [1.29, 1.82) is 0 Å². The van der Waals surface area contributed by atoms with Gasteiger partial charge in [-0.15, -0.1) is 10.2 Å². The first-order valence-electron chi connectivity index (χ1n) is 12.3. The van der Waals surface area contributed by atoms with E-state index >= 15 is 0 Å². The predicted molar refractivity (Wildman–Crippen MR) is 143 cm³/mol. The molecular formula is C28H32ClN5O2. The van der Waals surface area contributed by atoms with Crippen LogP contribution in [0.25, 0.3) is 11.3 Å². The lowest BCUT2D eigenvalue weighted by atomic mass is 10.1. The molecular weight excluding hydrogens is 474 g/mol. The van der Waals surface area contributed by atoms with Gasteiger partial charge in [0, 0.05) is 43.9 Å². The van der Waals surface area contributed by atoms with E-state index in [0.717, 1.165) is 22.6 Å². The van der Waals surface area contributed by atoms with Crippen LogP contribution in [0.15, 0.2) is 60.7 Å². The third kappa shape index (κ3) is 6.21. The van der Waals surface area contributed by atoms with E-state index in [1.165, 1.54) is 0 Å². The molecule has 0 bridgehead atoms. The molecule has 8 heteroatoms. The number of amides is 2. The minimum atomic E-state index is -0.107. The van der Waals surface area contributed by atoms with Crippen molar-refractivity contribution in [1.82, 2.24) is 20.0 Å². The highest BCUT2D eigenvalue weighted by Crippen LogP contribution is 2.26. The van der Waals surface area contributed by atoms with E-state index in [9.17, 15) is 9.59 Å². The van der Waals surface area contributed by atoms with E-state index in [2.05, 4.69) is 28.9 Å².